The first-order valence-corrected chi connectivity index (χ1v) is 10.7. The number of carbonyl (C=O) groups excluding carboxylic acids is 1. The van der Waals surface area contributed by atoms with E-state index in [1.54, 1.807) is 4.90 Å². The van der Waals surface area contributed by atoms with Crippen LogP contribution in [0.2, 0.25) is 0 Å². The van der Waals surface area contributed by atoms with Gasteiger partial charge < -0.3 is 20.0 Å². The van der Waals surface area contributed by atoms with E-state index in [0.717, 1.165) is 57.9 Å². The molecular formula is C23H31FN4O+2. The molecule has 2 aromatic rings. The molecule has 154 valence electrons. The monoisotopic (exact) mass is 398 g/mol. The van der Waals surface area contributed by atoms with E-state index in [9.17, 15) is 9.18 Å². The number of amides is 1. The molecule has 29 heavy (non-hydrogen) atoms. The van der Waals surface area contributed by atoms with Gasteiger partial charge in [-0.15, -0.1) is 0 Å². The normalized spacial score (nSPS) is 22.6. The minimum atomic E-state index is -0.203. The third kappa shape index (κ3) is 5.55. The van der Waals surface area contributed by atoms with Crippen LogP contribution < -0.4 is 20.0 Å². The Morgan fingerprint density at radius 1 is 1.00 bits per heavy atom. The predicted molar refractivity (Wildman–Crippen MR) is 112 cm³/mol. The van der Waals surface area contributed by atoms with Crippen molar-refractivity contribution >= 4 is 11.6 Å². The second kappa shape index (κ2) is 9.37. The average molecular weight is 399 g/mol. The van der Waals surface area contributed by atoms with Gasteiger partial charge in [-0.3, -0.25) is 4.79 Å². The molecule has 0 spiro atoms. The molecule has 2 heterocycles. The van der Waals surface area contributed by atoms with Crippen LogP contribution in [0.4, 0.5) is 10.1 Å². The Morgan fingerprint density at radius 2 is 1.72 bits per heavy atom. The van der Waals surface area contributed by atoms with E-state index in [1.807, 2.05) is 18.2 Å². The van der Waals surface area contributed by atoms with E-state index in [2.05, 4.69) is 34.5 Å². The van der Waals surface area contributed by atoms with E-state index in [1.165, 1.54) is 22.6 Å². The molecule has 1 amide bonds. The molecular weight excluding hydrogens is 367 g/mol. The van der Waals surface area contributed by atoms with Crippen LogP contribution in [0.1, 0.15) is 12.0 Å². The van der Waals surface area contributed by atoms with Crippen molar-refractivity contribution < 1.29 is 19.0 Å². The lowest BCUT2D eigenvalue weighted by Crippen LogP contribution is -3.16. The quantitative estimate of drug-likeness (QED) is 0.615. The zero-order chi connectivity index (χ0) is 20.1. The summed E-state index contributed by atoms with van der Waals surface area (Å²) < 4.78 is 13.1. The van der Waals surface area contributed by atoms with Crippen LogP contribution in [-0.4, -0.2) is 57.8 Å². The number of hydrogen-bond donors (Lipinski definition) is 3. The fraction of sp³-hybridized carbons (Fsp3) is 0.435. The zero-order valence-corrected chi connectivity index (χ0v) is 16.9. The lowest BCUT2D eigenvalue weighted by Gasteiger charge is -2.33. The fourth-order valence-corrected chi connectivity index (χ4v) is 4.51. The summed E-state index contributed by atoms with van der Waals surface area (Å²) in [6.07, 6.45) is 1.06. The van der Waals surface area contributed by atoms with Crippen molar-refractivity contribution in [2.45, 2.75) is 19.0 Å². The number of hydrogen-bond acceptors (Lipinski definition) is 2. The molecule has 2 saturated heterocycles. The lowest BCUT2D eigenvalue weighted by molar-refractivity contribution is -0.901. The smallest absolute Gasteiger partial charge is 0.275 e. The maximum Gasteiger partial charge on any atom is 0.275 e. The summed E-state index contributed by atoms with van der Waals surface area (Å²) in [6.45, 7) is 7.35. The van der Waals surface area contributed by atoms with E-state index in [4.69, 9.17) is 0 Å². The molecule has 2 aliphatic rings. The summed E-state index contributed by atoms with van der Waals surface area (Å²) in [4.78, 5) is 17.7. The van der Waals surface area contributed by atoms with Crippen LogP contribution in [0.25, 0.3) is 0 Å². The first-order chi connectivity index (χ1) is 14.2. The van der Waals surface area contributed by atoms with Gasteiger partial charge in [0, 0.05) is 17.7 Å². The third-order valence-electron chi connectivity index (χ3n) is 6.12. The first kappa shape index (κ1) is 19.9. The van der Waals surface area contributed by atoms with Gasteiger partial charge in [-0.1, -0.05) is 30.3 Å². The third-order valence-corrected chi connectivity index (χ3v) is 6.12. The Balaban J connectivity index is 1.17. The van der Waals surface area contributed by atoms with Crippen molar-refractivity contribution in [1.82, 2.24) is 5.32 Å². The number of likely N-dealkylation sites (tertiary alicyclic amines) is 1. The number of carbonyl (C=O) groups is 1. The van der Waals surface area contributed by atoms with Crippen LogP contribution in [0, 0.1) is 5.82 Å². The van der Waals surface area contributed by atoms with Crippen LogP contribution in [0.3, 0.4) is 0 Å². The summed E-state index contributed by atoms with van der Waals surface area (Å²) in [5, 5.41) is 3.26. The minimum Gasteiger partial charge on any atom is -0.360 e. The molecule has 0 radical (unpaired) electrons. The highest BCUT2D eigenvalue weighted by Gasteiger charge is 2.29. The molecule has 2 fully saturated rings. The first-order valence-electron chi connectivity index (χ1n) is 10.7. The highest BCUT2D eigenvalue weighted by atomic mass is 19.1. The average Bonchev–Trinajstić information content (AvgIpc) is 3.16. The summed E-state index contributed by atoms with van der Waals surface area (Å²) in [7, 11) is 0. The van der Waals surface area contributed by atoms with Gasteiger partial charge in [0.1, 0.15) is 12.4 Å². The second-order valence-electron chi connectivity index (χ2n) is 8.31. The maximum absolute atomic E-state index is 13.1. The van der Waals surface area contributed by atoms with Crippen LogP contribution in [0.15, 0.2) is 54.6 Å². The lowest BCUT2D eigenvalue weighted by atomic mass is 10.2. The Kier molecular flexibility index (Phi) is 6.42. The SMILES string of the molecule is O=C(C[NH+]1CCN(c2ccc(F)cc2)CC1)N[C@@H]1CC[NH+](Cc2ccccc2)C1. The molecule has 2 aromatic carbocycles. The van der Waals surface area contributed by atoms with Gasteiger partial charge in [0.25, 0.3) is 5.91 Å². The van der Waals surface area contributed by atoms with Crippen molar-refractivity contribution in [2.24, 2.45) is 0 Å². The van der Waals surface area contributed by atoms with Gasteiger partial charge in [-0.2, -0.15) is 0 Å². The molecule has 0 aliphatic carbocycles. The summed E-state index contributed by atoms with van der Waals surface area (Å²) >= 11 is 0. The second-order valence-corrected chi connectivity index (χ2v) is 8.31. The largest absolute Gasteiger partial charge is 0.360 e. The minimum absolute atomic E-state index is 0.168. The van der Waals surface area contributed by atoms with Crippen molar-refractivity contribution in [2.75, 3.05) is 50.7 Å². The van der Waals surface area contributed by atoms with Gasteiger partial charge in [0.15, 0.2) is 6.54 Å². The highest BCUT2D eigenvalue weighted by Crippen LogP contribution is 2.14. The molecule has 1 unspecified atom stereocenters. The van der Waals surface area contributed by atoms with Crippen LogP contribution in [-0.2, 0) is 11.3 Å². The molecule has 4 rings (SSSR count). The topological polar surface area (TPSA) is 41.2 Å². The van der Waals surface area contributed by atoms with Gasteiger partial charge in [-0.05, 0) is 24.3 Å². The van der Waals surface area contributed by atoms with Gasteiger partial charge in [-0.25, -0.2) is 4.39 Å². The zero-order valence-electron chi connectivity index (χ0n) is 16.9. The molecule has 3 N–H and O–H groups in total. The molecule has 0 bridgehead atoms. The number of halogens is 1. The summed E-state index contributed by atoms with van der Waals surface area (Å²) in [5.41, 5.74) is 2.42. The molecule has 6 heteroatoms. The van der Waals surface area contributed by atoms with Gasteiger partial charge in [0.05, 0.1) is 45.3 Å². The van der Waals surface area contributed by atoms with Gasteiger partial charge in [0.2, 0.25) is 0 Å². The Labute approximate surface area is 172 Å². The molecule has 5 nitrogen and oxygen atoms in total. The summed E-state index contributed by atoms with van der Waals surface area (Å²) in [6, 6.07) is 17.5. The Morgan fingerprint density at radius 3 is 2.45 bits per heavy atom. The number of piperazine rings is 1. The van der Waals surface area contributed by atoms with E-state index in [-0.39, 0.29) is 11.7 Å². The molecule has 0 saturated carbocycles. The van der Waals surface area contributed by atoms with E-state index < -0.39 is 0 Å². The standard InChI is InChI=1S/C23H29FN4O/c24-20-6-8-22(9-7-20)28-14-12-26(13-15-28)18-23(29)25-21-10-11-27(17-21)16-19-4-2-1-3-5-19/h1-9,21H,10-18H2,(H,25,29)/p+2/t21-/m1/s1. The number of anilines is 1. The van der Waals surface area contributed by atoms with Gasteiger partial charge >= 0.3 is 0 Å². The number of nitrogens with zero attached hydrogens (tertiary/aromatic N) is 1. The maximum atomic E-state index is 13.1. The van der Waals surface area contributed by atoms with Crippen molar-refractivity contribution in [3.8, 4) is 0 Å². The predicted octanol–water partition coefficient (Wildman–Crippen LogP) is -0.496. The van der Waals surface area contributed by atoms with Crippen molar-refractivity contribution in [3.63, 3.8) is 0 Å². The Hall–Kier alpha value is -2.44. The number of rotatable bonds is 6. The van der Waals surface area contributed by atoms with Crippen molar-refractivity contribution in [1.29, 1.82) is 0 Å². The van der Waals surface area contributed by atoms with Crippen molar-refractivity contribution in [3.05, 3.63) is 66.0 Å². The van der Waals surface area contributed by atoms with Crippen LogP contribution in [0.5, 0.6) is 0 Å². The number of quaternary nitrogens is 2. The number of benzene rings is 2. The van der Waals surface area contributed by atoms with E-state index >= 15 is 0 Å². The molecule has 2 aliphatic heterocycles. The number of nitrogens with one attached hydrogen (secondary N) is 3. The highest BCUT2D eigenvalue weighted by molar-refractivity contribution is 5.77. The summed E-state index contributed by atoms with van der Waals surface area (Å²) in [5.74, 6) is -0.0352. The fourth-order valence-electron chi connectivity index (χ4n) is 4.51. The molecule has 0 aromatic heterocycles. The molecule has 2 atom stereocenters. The Bertz CT molecular complexity index is 790. The van der Waals surface area contributed by atoms with E-state index in [0.29, 0.717) is 12.6 Å². The van der Waals surface area contributed by atoms with Crippen LogP contribution >= 0.6 is 0 Å².